The second-order valence-corrected chi connectivity index (χ2v) is 8.77. The summed E-state index contributed by atoms with van der Waals surface area (Å²) in [5.41, 5.74) is 2.72. The van der Waals surface area contributed by atoms with Crippen molar-refractivity contribution < 1.29 is 17.9 Å². The van der Waals surface area contributed by atoms with Gasteiger partial charge in [-0.05, 0) is 61.4 Å². The van der Waals surface area contributed by atoms with Crippen molar-refractivity contribution in [3.8, 4) is 17.1 Å². The maximum absolute atomic E-state index is 12.4. The molecule has 9 nitrogen and oxygen atoms in total. The van der Waals surface area contributed by atoms with E-state index in [2.05, 4.69) is 25.2 Å². The molecule has 0 saturated carbocycles. The number of carbonyl (C=O) groups excluding carboxylic acids is 1. The van der Waals surface area contributed by atoms with Crippen molar-refractivity contribution in [3.63, 3.8) is 0 Å². The van der Waals surface area contributed by atoms with Crippen molar-refractivity contribution in [2.24, 2.45) is 0 Å². The van der Waals surface area contributed by atoms with Crippen LogP contribution >= 0.6 is 0 Å². The van der Waals surface area contributed by atoms with Crippen molar-refractivity contribution in [1.29, 1.82) is 0 Å². The highest BCUT2D eigenvalue weighted by Crippen LogP contribution is 2.19. The van der Waals surface area contributed by atoms with Gasteiger partial charge in [0.05, 0.1) is 18.6 Å². The summed E-state index contributed by atoms with van der Waals surface area (Å²) in [6.45, 7) is 3.92. The van der Waals surface area contributed by atoms with Crippen molar-refractivity contribution in [1.82, 2.24) is 25.2 Å². The van der Waals surface area contributed by atoms with E-state index in [9.17, 15) is 13.2 Å². The zero-order valence-corrected chi connectivity index (χ0v) is 18.4. The number of aromatic nitrogens is 3. The molecule has 3 rings (SSSR count). The Bertz CT molecular complexity index is 1160. The average molecular weight is 444 g/mol. The molecule has 1 heterocycles. The lowest BCUT2D eigenvalue weighted by Crippen LogP contribution is -2.30. The van der Waals surface area contributed by atoms with Crippen LogP contribution in [0.4, 0.5) is 0 Å². The molecule has 0 aliphatic heterocycles. The standard InChI is InChI=1S/C21H25N5O4S/c1-14-4-9-18(12-15(14)2)31(28,29)23-11-10-20(27)22-13-19-24-21(26-25-19)16-5-7-17(30-3)8-6-16/h4-9,12,23H,10-11,13H2,1-3H3,(H,22,27)(H,24,25,26). The first-order valence-electron chi connectivity index (χ1n) is 9.68. The summed E-state index contributed by atoms with van der Waals surface area (Å²) < 4.78 is 32.3. The maximum Gasteiger partial charge on any atom is 0.240 e. The van der Waals surface area contributed by atoms with Gasteiger partial charge in [0, 0.05) is 18.5 Å². The maximum atomic E-state index is 12.4. The van der Waals surface area contributed by atoms with Gasteiger partial charge in [0.1, 0.15) is 11.6 Å². The van der Waals surface area contributed by atoms with E-state index in [-0.39, 0.29) is 30.3 Å². The number of hydrogen-bond acceptors (Lipinski definition) is 6. The summed E-state index contributed by atoms with van der Waals surface area (Å²) in [5, 5.41) is 9.62. The van der Waals surface area contributed by atoms with Crippen molar-refractivity contribution >= 4 is 15.9 Å². The molecule has 0 atom stereocenters. The number of nitrogens with one attached hydrogen (secondary N) is 3. The molecule has 164 valence electrons. The molecule has 31 heavy (non-hydrogen) atoms. The van der Waals surface area contributed by atoms with E-state index in [1.807, 2.05) is 38.1 Å². The molecule has 2 aromatic carbocycles. The van der Waals surface area contributed by atoms with Crippen LogP contribution in [-0.2, 0) is 21.4 Å². The van der Waals surface area contributed by atoms with Gasteiger partial charge in [-0.15, -0.1) is 0 Å². The number of carbonyl (C=O) groups is 1. The Kier molecular flexibility index (Phi) is 7.03. The van der Waals surface area contributed by atoms with Crippen LogP contribution in [0.1, 0.15) is 23.4 Å². The minimum absolute atomic E-state index is 0.00352. The van der Waals surface area contributed by atoms with Crippen LogP contribution in [0.25, 0.3) is 11.4 Å². The highest BCUT2D eigenvalue weighted by atomic mass is 32.2. The summed E-state index contributed by atoms with van der Waals surface area (Å²) in [4.78, 5) is 16.6. The van der Waals surface area contributed by atoms with Crippen LogP contribution in [0.15, 0.2) is 47.4 Å². The molecular weight excluding hydrogens is 418 g/mol. The molecule has 0 spiro atoms. The molecular formula is C21H25N5O4S. The lowest BCUT2D eigenvalue weighted by Gasteiger charge is -2.09. The van der Waals surface area contributed by atoms with Crippen molar-refractivity contribution in [2.45, 2.75) is 31.7 Å². The Balaban J connectivity index is 1.47. The highest BCUT2D eigenvalue weighted by molar-refractivity contribution is 7.89. The Morgan fingerprint density at radius 1 is 1.10 bits per heavy atom. The first kappa shape index (κ1) is 22.4. The van der Waals surface area contributed by atoms with E-state index >= 15 is 0 Å². The summed E-state index contributed by atoms with van der Waals surface area (Å²) in [6, 6.07) is 12.2. The van der Waals surface area contributed by atoms with Crippen LogP contribution in [-0.4, -0.2) is 43.2 Å². The lowest BCUT2D eigenvalue weighted by molar-refractivity contribution is -0.121. The SMILES string of the molecule is COc1ccc(-c2n[nH]c(CNC(=O)CCNS(=O)(=O)c3ccc(C)c(C)c3)n2)cc1. The Morgan fingerprint density at radius 2 is 1.84 bits per heavy atom. The summed E-state index contributed by atoms with van der Waals surface area (Å²) in [6.07, 6.45) is 0.00352. The highest BCUT2D eigenvalue weighted by Gasteiger charge is 2.15. The van der Waals surface area contributed by atoms with Gasteiger partial charge in [0.15, 0.2) is 5.82 Å². The second kappa shape index (κ2) is 9.71. The normalized spacial score (nSPS) is 11.3. The van der Waals surface area contributed by atoms with E-state index in [0.717, 1.165) is 22.4 Å². The summed E-state index contributed by atoms with van der Waals surface area (Å²) in [5.74, 6) is 1.44. The van der Waals surface area contributed by atoms with Gasteiger partial charge >= 0.3 is 0 Å². The molecule has 0 bridgehead atoms. The molecule has 0 fully saturated rings. The van der Waals surface area contributed by atoms with Crippen molar-refractivity contribution in [2.75, 3.05) is 13.7 Å². The number of H-pyrrole nitrogens is 1. The molecule has 0 aliphatic carbocycles. The minimum atomic E-state index is -3.66. The monoisotopic (exact) mass is 443 g/mol. The van der Waals surface area contributed by atoms with Crippen molar-refractivity contribution in [3.05, 3.63) is 59.4 Å². The van der Waals surface area contributed by atoms with Gasteiger partial charge in [0.25, 0.3) is 0 Å². The summed E-state index contributed by atoms with van der Waals surface area (Å²) in [7, 11) is -2.07. The Morgan fingerprint density at radius 3 is 2.52 bits per heavy atom. The number of benzene rings is 2. The zero-order chi connectivity index (χ0) is 22.4. The smallest absolute Gasteiger partial charge is 0.240 e. The number of nitrogens with zero attached hydrogens (tertiary/aromatic N) is 2. The average Bonchev–Trinajstić information content (AvgIpc) is 3.23. The molecule has 0 saturated heterocycles. The largest absolute Gasteiger partial charge is 0.497 e. The van der Waals surface area contributed by atoms with Gasteiger partial charge < -0.3 is 10.1 Å². The lowest BCUT2D eigenvalue weighted by atomic mass is 10.1. The number of methoxy groups -OCH3 is 1. The molecule has 0 aliphatic rings. The fraction of sp³-hybridized carbons (Fsp3) is 0.286. The fourth-order valence-electron chi connectivity index (χ4n) is 2.78. The van der Waals surface area contributed by atoms with Crippen LogP contribution < -0.4 is 14.8 Å². The number of ether oxygens (including phenoxy) is 1. The number of aromatic amines is 1. The fourth-order valence-corrected chi connectivity index (χ4v) is 3.89. The van der Waals surface area contributed by atoms with Gasteiger partial charge in [-0.25, -0.2) is 18.1 Å². The van der Waals surface area contributed by atoms with Crippen LogP contribution in [0, 0.1) is 13.8 Å². The second-order valence-electron chi connectivity index (χ2n) is 7.00. The van der Waals surface area contributed by atoms with Crippen LogP contribution in [0.2, 0.25) is 0 Å². The number of aryl methyl sites for hydroxylation is 2. The van der Waals surface area contributed by atoms with Gasteiger partial charge in [-0.3, -0.25) is 9.89 Å². The van der Waals surface area contributed by atoms with E-state index in [0.29, 0.717) is 11.6 Å². The first-order valence-corrected chi connectivity index (χ1v) is 11.2. The van der Waals surface area contributed by atoms with Crippen LogP contribution in [0.3, 0.4) is 0 Å². The molecule has 3 N–H and O–H groups in total. The zero-order valence-electron chi connectivity index (χ0n) is 17.6. The molecule has 1 aromatic heterocycles. The van der Waals surface area contributed by atoms with Gasteiger partial charge in [0.2, 0.25) is 15.9 Å². The predicted molar refractivity (Wildman–Crippen MR) is 116 cm³/mol. The van der Waals surface area contributed by atoms with Gasteiger partial charge in [-0.1, -0.05) is 6.07 Å². The molecule has 3 aromatic rings. The third-order valence-corrected chi connectivity index (χ3v) is 6.22. The topological polar surface area (TPSA) is 126 Å². The van der Waals surface area contributed by atoms with Crippen LogP contribution in [0.5, 0.6) is 5.75 Å². The van der Waals surface area contributed by atoms with Gasteiger partial charge in [-0.2, -0.15) is 5.10 Å². The van der Waals surface area contributed by atoms with E-state index in [4.69, 9.17) is 4.74 Å². The first-order chi connectivity index (χ1) is 14.8. The van der Waals surface area contributed by atoms with E-state index in [1.165, 1.54) is 0 Å². The third-order valence-electron chi connectivity index (χ3n) is 4.77. The predicted octanol–water partition coefficient (Wildman–Crippen LogP) is 2.08. The minimum Gasteiger partial charge on any atom is -0.497 e. The number of amides is 1. The molecule has 10 heteroatoms. The Hall–Kier alpha value is -3.24. The molecule has 0 radical (unpaired) electrons. The number of hydrogen-bond donors (Lipinski definition) is 3. The van der Waals surface area contributed by atoms with E-state index in [1.54, 1.807) is 25.3 Å². The third kappa shape index (κ3) is 5.89. The van der Waals surface area contributed by atoms with E-state index < -0.39 is 10.0 Å². The molecule has 0 unspecified atom stereocenters. The number of sulfonamides is 1. The Labute approximate surface area is 181 Å². The molecule has 1 amide bonds. The summed E-state index contributed by atoms with van der Waals surface area (Å²) >= 11 is 0. The number of rotatable bonds is 9. The quantitative estimate of drug-likeness (QED) is 0.465.